The summed E-state index contributed by atoms with van der Waals surface area (Å²) in [7, 11) is 3.82. The molecule has 0 fully saturated rings. The second-order valence-corrected chi connectivity index (χ2v) is 6.27. The van der Waals surface area contributed by atoms with Gasteiger partial charge in [0, 0.05) is 48.3 Å². The topological polar surface area (TPSA) is 61.7 Å². The molecule has 0 amide bonds. The molecule has 0 aliphatic heterocycles. The molecule has 128 valence electrons. The minimum absolute atomic E-state index is 0.339. The Morgan fingerprint density at radius 2 is 1.81 bits per heavy atom. The van der Waals surface area contributed by atoms with E-state index in [-0.39, 0.29) is 0 Å². The number of pyridine rings is 1. The number of aryl methyl sites for hydroxylation is 2. The van der Waals surface area contributed by atoms with Crippen molar-refractivity contribution in [3.8, 4) is 22.8 Å². The first-order chi connectivity index (χ1) is 12.6. The van der Waals surface area contributed by atoms with E-state index < -0.39 is 5.82 Å². The van der Waals surface area contributed by atoms with Gasteiger partial charge in [0.15, 0.2) is 0 Å². The van der Waals surface area contributed by atoms with E-state index in [9.17, 15) is 4.39 Å². The van der Waals surface area contributed by atoms with Gasteiger partial charge in [-0.3, -0.25) is 0 Å². The van der Waals surface area contributed by atoms with E-state index >= 15 is 0 Å². The van der Waals surface area contributed by atoms with Crippen molar-refractivity contribution >= 4 is 21.9 Å². The molecule has 6 nitrogen and oxygen atoms in total. The largest absolute Gasteiger partial charge is 0.350 e. The molecule has 5 aromatic rings. The summed E-state index contributed by atoms with van der Waals surface area (Å²) in [5, 5.41) is 5.83. The van der Waals surface area contributed by atoms with Crippen molar-refractivity contribution in [3.05, 3.63) is 54.7 Å². The number of para-hydroxylation sites is 1. The van der Waals surface area contributed by atoms with Gasteiger partial charge in [-0.25, -0.2) is 9.37 Å². The minimum atomic E-state index is -0.404. The average molecular weight is 347 g/mol. The van der Waals surface area contributed by atoms with Crippen LogP contribution < -0.4 is 0 Å². The highest BCUT2D eigenvalue weighted by atomic mass is 19.1. The summed E-state index contributed by atoms with van der Waals surface area (Å²) < 4.78 is 23.0. The lowest BCUT2D eigenvalue weighted by atomic mass is 10.1. The summed E-state index contributed by atoms with van der Waals surface area (Å²) in [6.07, 6.45) is 4.99. The van der Waals surface area contributed by atoms with Crippen molar-refractivity contribution in [3.63, 3.8) is 0 Å². The van der Waals surface area contributed by atoms with Crippen molar-refractivity contribution in [2.45, 2.75) is 0 Å². The van der Waals surface area contributed by atoms with Crippen LogP contribution in [0.4, 0.5) is 4.39 Å². The van der Waals surface area contributed by atoms with E-state index in [1.807, 2.05) is 59.9 Å². The molecule has 0 bridgehead atoms. The lowest BCUT2D eigenvalue weighted by Gasteiger charge is -1.94. The number of rotatable bonds is 2. The van der Waals surface area contributed by atoms with Gasteiger partial charge >= 0.3 is 0 Å². The van der Waals surface area contributed by atoms with Crippen LogP contribution in [-0.4, -0.2) is 24.3 Å². The fourth-order valence-electron chi connectivity index (χ4n) is 3.37. The predicted octanol–water partition coefficient (Wildman–Crippen LogP) is 3.92. The van der Waals surface area contributed by atoms with Crippen molar-refractivity contribution < 1.29 is 8.91 Å². The molecule has 1 aromatic carbocycles. The Kier molecular flexibility index (Phi) is 3.00. The molecule has 0 aliphatic rings. The standard InChI is InChI=1S/C19H14FN5O/c1-24-9-14(12-5-3-4-6-16(12)24)17-22-19(26-23-17)15-10-25(2)18-13(15)7-11(20)8-21-18/h3-10H,1-2H3. The van der Waals surface area contributed by atoms with Crippen molar-refractivity contribution in [1.29, 1.82) is 0 Å². The molecule has 26 heavy (non-hydrogen) atoms. The first kappa shape index (κ1) is 14.8. The Morgan fingerprint density at radius 1 is 1.00 bits per heavy atom. The number of fused-ring (bicyclic) bond motifs is 2. The van der Waals surface area contributed by atoms with Crippen LogP contribution in [0.3, 0.4) is 0 Å². The normalized spacial score (nSPS) is 11.7. The van der Waals surface area contributed by atoms with Gasteiger partial charge in [-0.15, -0.1) is 0 Å². The van der Waals surface area contributed by atoms with E-state index in [0.29, 0.717) is 28.3 Å². The Morgan fingerprint density at radius 3 is 2.69 bits per heavy atom. The second-order valence-electron chi connectivity index (χ2n) is 6.27. The molecule has 5 rings (SSSR count). The van der Waals surface area contributed by atoms with Crippen molar-refractivity contribution in [2.75, 3.05) is 0 Å². The number of benzene rings is 1. The second kappa shape index (κ2) is 5.26. The molecule has 4 heterocycles. The van der Waals surface area contributed by atoms with Crippen LogP contribution in [0.2, 0.25) is 0 Å². The van der Waals surface area contributed by atoms with Crippen LogP contribution in [-0.2, 0) is 14.1 Å². The quantitative estimate of drug-likeness (QED) is 0.485. The first-order valence-corrected chi connectivity index (χ1v) is 8.11. The molecule has 0 atom stereocenters. The zero-order valence-electron chi connectivity index (χ0n) is 14.1. The maximum absolute atomic E-state index is 13.6. The third-order valence-corrected chi connectivity index (χ3v) is 4.57. The van der Waals surface area contributed by atoms with Gasteiger partial charge in [-0.05, 0) is 12.1 Å². The van der Waals surface area contributed by atoms with Gasteiger partial charge in [-0.1, -0.05) is 23.4 Å². The monoisotopic (exact) mass is 347 g/mol. The highest BCUT2D eigenvalue weighted by molar-refractivity contribution is 5.95. The Balaban J connectivity index is 1.68. The summed E-state index contributed by atoms with van der Waals surface area (Å²) in [5.74, 6) is 0.433. The molecular formula is C19H14FN5O. The molecule has 4 aromatic heterocycles. The maximum atomic E-state index is 13.6. The molecule has 0 spiro atoms. The average Bonchev–Trinajstić information content (AvgIpc) is 3.32. The number of hydrogen-bond donors (Lipinski definition) is 0. The van der Waals surface area contributed by atoms with Crippen LogP contribution in [0.15, 0.2) is 53.4 Å². The summed E-state index contributed by atoms with van der Waals surface area (Å²) in [6.45, 7) is 0. The van der Waals surface area contributed by atoms with Crippen LogP contribution in [0.5, 0.6) is 0 Å². The Bertz CT molecular complexity index is 1280. The van der Waals surface area contributed by atoms with Crippen molar-refractivity contribution in [2.24, 2.45) is 14.1 Å². The molecule has 0 unspecified atom stereocenters. The maximum Gasteiger partial charge on any atom is 0.260 e. The fourth-order valence-corrected chi connectivity index (χ4v) is 3.37. The van der Waals surface area contributed by atoms with E-state index in [4.69, 9.17) is 4.52 Å². The Labute approximate surface area is 147 Å². The number of hydrogen-bond acceptors (Lipinski definition) is 4. The fraction of sp³-hybridized carbons (Fsp3) is 0.105. The molecule has 0 aliphatic carbocycles. The summed E-state index contributed by atoms with van der Waals surface area (Å²) in [6, 6.07) is 9.47. The molecule has 7 heteroatoms. The van der Waals surface area contributed by atoms with Gasteiger partial charge in [0.05, 0.1) is 11.8 Å². The summed E-state index contributed by atoms with van der Waals surface area (Å²) in [4.78, 5) is 8.68. The SMILES string of the molecule is Cn1cc(-c2noc(-c3cn(C)c4ncc(F)cc34)n2)c2ccccc21. The van der Waals surface area contributed by atoms with Gasteiger partial charge in [0.2, 0.25) is 5.82 Å². The van der Waals surface area contributed by atoms with Crippen LogP contribution in [0, 0.1) is 5.82 Å². The van der Waals surface area contributed by atoms with Gasteiger partial charge in [0.1, 0.15) is 11.5 Å². The molecule has 0 saturated heterocycles. The van der Waals surface area contributed by atoms with Crippen molar-refractivity contribution in [1.82, 2.24) is 24.3 Å². The third-order valence-electron chi connectivity index (χ3n) is 4.57. The van der Waals surface area contributed by atoms with E-state index in [0.717, 1.165) is 16.5 Å². The molecule has 0 saturated carbocycles. The third kappa shape index (κ3) is 2.07. The van der Waals surface area contributed by atoms with E-state index in [2.05, 4.69) is 15.1 Å². The zero-order valence-corrected chi connectivity index (χ0v) is 14.1. The van der Waals surface area contributed by atoms with E-state index in [1.54, 1.807) is 0 Å². The lowest BCUT2D eigenvalue weighted by Crippen LogP contribution is -1.87. The number of aromatic nitrogens is 5. The van der Waals surface area contributed by atoms with Crippen LogP contribution >= 0.6 is 0 Å². The summed E-state index contributed by atoms with van der Waals surface area (Å²) in [5.41, 5.74) is 3.30. The first-order valence-electron chi connectivity index (χ1n) is 8.11. The van der Waals surface area contributed by atoms with Crippen LogP contribution in [0.25, 0.3) is 44.8 Å². The Hall–Kier alpha value is -3.48. The predicted molar refractivity (Wildman–Crippen MR) is 95.9 cm³/mol. The molecule has 0 radical (unpaired) electrons. The smallest absolute Gasteiger partial charge is 0.260 e. The van der Waals surface area contributed by atoms with Gasteiger partial charge < -0.3 is 13.7 Å². The molecule has 0 N–H and O–H groups in total. The highest BCUT2D eigenvalue weighted by Gasteiger charge is 2.19. The van der Waals surface area contributed by atoms with Gasteiger partial charge in [-0.2, -0.15) is 4.98 Å². The number of nitrogens with zero attached hydrogens (tertiary/aromatic N) is 5. The van der Waals surface area contributed by atoms with Gasteiger partial charge in [0.25, 0.3) is 5.89 Å². The minimum Gasteiger partial charge on any atom is -0.350 e. The lowest BCUT2D eigenvalue weighted by molar-refractivity contribution is 0.432. The van der Waals surface area contributed by atoms with E-state index in [1.165, 1.54) is 12.3 Å². The molecular weight excluding hydrogens is 333 g/mol. The highest BCUT2D eigenvalue weighted by Crippen LogP contribution is 2.32. The van der Waals surface area contributed by atoms with Crippen LogP contribution in [0.1, 0.15) is 0 Å². The summed E-state index contributed by atoms with van der Waals surface area (Å²) >= 11 is 0. The zero-order chi connectivity index (χ0) is 17.8. The number of halogens is 1.